The number of piperazine rings is 1. The molecule has 1 unspecified atom stereocenters. The normalized spacial score (nSPS) is 19.4. The topological polar surface area (TPSA) is 61.8 Å². The number of benzene rings is 1. The zero-order valence-corrected chi connectivity index (χ0v) is 12.5. The van der Waals surface area contributed by atoms with Gasteiger partial charge in [0.25, 0.3) is 0 Å². The number of hydrogen-bond donors (Lipinski definition) is 2. The molecule has 1 amide bonds. The molecule has 0 saturated carbocycles. The van der Waals surface area contributed by atoms with E-state index in [1.54, 1.807) is 26.8 Å². The number of nitrogens with zero attached hydrogens (tertiary/aromatic N) is 1. The molecule has 1 aromatic carbocycles. The van der Waals surface area contributed by atoms with Crippen LogP contribution in [0.1, 0.15) is 32.4 Å². The second-order valence-electron chi connectivity index (χ2n) is 6.07. The molecule has 0 radical (unpaired) electrons. The second kappa shape index (κ2) is 5.89. The van der Waals surface area contributed by atoms with Gasteiger partial charge in [-0.3, -0.25) is 4.90 Å². The van der Waals surface area contributed by atoms with E-state index in [1.165, 1.54) is 17.0 Å². The Morgan fingerprint density at radius 1 is 1.48 bits per heavy atom. The molecule has 0 bridgehead atoms. The molecular weight excluding hydrogens is 275 g/mol. The standard InChI is InChI=1S/C15H21FN2O3/c1-15(2,3)21-14(20)18-8-7-17-9-12(18)10-5-4-6-11(16)13(10)19/h4-6,12,17,19H,7-9H2,1-3H3. The van der Waals surface area contributed by atoms with Crippen molar-refractivity contribution in [3.8, 4) is 5.75 Å². The molecule has 1 fully saturated rings. The first-order chi connectivity index (χ1) is 9.79. The molecule has 2 N–H and O–H groups in total. The van der Waals surface area contributed by atoms with Crippen LogP contribution in [0.5, 0.6) is 5.75 Å². The number of rotatable bonds is 1. The average Bonchev–Trinajstić information content (AvgIpc) is 2.40. The van der Waals surface area contributed by atoms with Crippen molar-refractivity contribution in [2.24, 2.45) is 0 Å². The maximum Gasteiger partial charge on any atom is 0.410 e. The van der Waals surface area contributed by atoms with Crippen LogP contribution < -0.4 is 5.32 Å². The molecule has 116 valence electrons. The summed E-state index contributed by atoms with van der Waals surface area (Å²) in [5.41, 5.74) is -0.218. The zero-order chi connectivity index (χ0) is 15.6. The number of para-hydroxylation sites is 1. The third-order valence-corrected chi connectivity index (χ3v) is 3.25. The summed E-state index contributed by atoms with van der Waals surface area (Å²) in [5, 5.41) is 13.0. The van der Waals surface area contributed by atoms with Crippen LogP contribution in [0.3, 0.4) is 0 Å². The lowest BCUT2D eigenvalue weighted by Crippen LogP contribution is -2.50. The van der Waals surface area contributed by atoms with Crippen LogP contribution in [-0.2, 0) is 4.74 Å². The summed E-state index contributed by atoms with van der Waals surface area (Å²) in [6.07, 6.45) is -0.460. The lowest BCUT2D eigenvalue weighted by molar-refractivity contribution is 0.0115. The van der Waals surface area contributed by atoms with Crippen LogP contribution in [0.2, 0.25) is 0 Å². The minimum Gasteiger partial charge on any atom is -0.505 e. The van der Waals surface area contributed by atoms with Gasteiger partial charge in [-0.05, 0) is 26.8 Å². The summed E-state index contributed by atoms with van der Waals surface area (Å²) >= 11 is 0. The highest BCUT2D eigenvalue weighted by molar-refractivity contribution is 5.69. The Balaban J connectivity index is 2.27. The van der Waals surface area contributed by atoms with Gasteiger partial charge in [0.15, 0.2) is 11.6 Å². The van der Waals surface area contributed by atoms with Gasteiger partial charge in [-0.2, -0.15) is 0 Å². The Morgan fingerprint density at radius 2 is 2.19 bits per heavy atom. The maximum absolute atomic E-state index is 13.5. The number of aromatic hydroxyl groups is 1. The Bertz CT molecular complexity index is 528. The highest BCUT2D eigenvalue weighted by Crippen LogP contribution is 2.32. The highest BCUT2D eigenvalue weighted by Gasteiger charge is 2.33. The molecule has 6 heteroatoms. The summed E-state index contributed by atoms with van der Waals surface area (Å²) in [7, 11) is 0. The van der Waals surface area contributed by atoms with Crippen molar-refractivity contribution in [2.75, 3.05) is 19.6 Å². The van der Waals surface area contributed by atoms with Crippen molar-refractivity contribution in [2.45, 2.75) is 32.4 Å². The Hall–Kier alpha value is -1.82. The van der Waals surface area contributed by atoms with E-state index in [-0.39, 0.29) is 0 Å². The van der Waals surface area contributed by atoms with Crippen LogP contribution in [0.25, 0.3) is 0 Å². The number of halogens is 1. The fourth-order valence-electron chi connectivity index (χ4n) is 2.32. The number of nitrogens with one attached hydrogen (secondary N) is 1. The van der Waals surface area contributed by atoms with Crippen molar-refractivity contribution in [1.29, 1.82) is 0 Å². The first-order valence-electron chi connectivity index (χ1n) is 6.97. The quantitative estimate of drug-likeness (QED) is 0.835. The Morgan fingerprint density at radius 3 is 2.86 bits per heavy atom. The van der Waals surface area contributed by atoms with Crippen LogP contribution in [0.15, 0.2) is 18.2 Å². The number of phenols is 1. The van der Waals surface area contributed by atoms with Crippen molar-refractivity contribution >= 4 is 6.09 Å². The van der Waals surface area contributed by atoms with Gasteiger partial charge in [0.2, 0.25) is 0 Å². The number of phenolic OH excluding ortho intramolecular Hbond substituents is 1. The van der Waals surface area contributed by atoms with E-state index in [1.807, 2.05) is 0 Å². The molecule has 1 saturated heterocycles. The predicted molar refractivity (Wildman–Crippen MR) is 76.6 cm³/mol. The minimum absolute atomic E-state index is 0.382. The van der Waals surface area contributed by atoms with Crippen molar-refractivity contribution < 1.29 is 19.0 Å². The molecule has 1 aromatic rings. The van der Waals surface area contributed by atoms with E-state index >= 15 is 0 Å². The lowest BCUT2D eigenvalue weighted by Gasteiger charge is -2.37. The van der Waals surface area contributed by atoms with Gasteiger partial charge < -0.3 is 15.2 Å². The maximum atomic E-state index is 13.5. The van der Waals surface area contributed by atoms with E-state index in [9.17, 15) is 14.3 Å². The van der Waals surface area contributed by atoms with E-state index in [4.69, 9.17) is 4.74 Å². The van der Waals surface area contributed by atoms with Crippen molar-refractivity contribution in [1.82, 2.24) is 10.2 Å². The van der Waals surface area contributed by atoms with Crippen LogP contribution >= 0.6 is 0 Å². The monoisotopic (exact) mass is 296 g/mol. The molecule has 1 aliphatic rings. The van der Waals surface area contributed by atoms with Crippen molar-refractivity contribution in [3.63, 3.8) is 0 Å². The summed E-state index contributed by atoms with van der Waals surface area (Å²) in [5.74, 6) is -1.11. The first-order valence-corrected chi connectivity index (χ1v) is 6.97. The van der Waals surface area contributed by atoms with Crippen molar-refractivity contribution in [3.05, 3.63) is 29.6 Å². The van der Waals surface area contributed by atoms with Gasteiger partial charge in [0.1, 0.15) is 5.60 Å². The lowest BCUT2D eigenvalue weighted by atomic mass is 10.0. The Kier molecular flexibility index (Phi) is 4.37. The number of carbonyl (C=O) groups is 1. The number of amides is 1. The summed E-state index contributed by atoms with van der Waals surface area (Å²) < 4.78 is 18.9. The van der Waals surface area contributed by atoms with E-state index in [2.05, 4.69) is 5.32 Å². The first kappa shape index (κ1) is 15.6. The fourth-order valence-corrected chi connectivity index (χ4v) is 2.32. The average molecular weight is 296 g/mol. The zero-order valence-electron chi connectivity index (χ0n) is 12.5. The molecule has 1 aliphatic heterocycles. The molecule has 5 nitrogen and oxygen atoms in total. The third-order valence-electron chi connectivity index (χ3n) is 3.25. The fraction of sp³-hybridized carbons (Fsp3) is 0.533. The van der Waals surface area contributed by atoms with Gasteiger partial charge in [-0.25, -0.2) is 9.18 Å². The molecule has 21 heavy (non-hydrogen) atoms. The smallest absolute Gasteiger partial charge is 0.410 e. The number of hydrogen-bond acceptors (Lipinski definition) is 4. The highest BCUT2D eigenvalue weighted by atomic mass is 19.1. The molecule has 1 atom stereocenters. The summed E-state index contributed by atoms with van der Waals surface area (Å²) in [6.45, 7) is 6.89. The van der Waals surface area contributed by atoms with Gasteiger partial charge in [-0.15, -0.1) is 0 Å². The number of ether oxygens (including phenoxy) is 1. The van der Waals surface area contributed by atoms with Gasteiger partial charge in [0, 0.05) is 25.2 Å². The van der Waals surface area contributed by atoms with Crippen LogP contribution in [-0.4, -0.2) is 41.3 Å². The molecular formula is C15H21FN2O3. The summed E-state index contributed by atoms with van der Waals surface area (Å²) in [4.78, 5) is 13.8. The van der Waals surface area contributed by atoms with E-state index in [0.29, 0.717) is 25.2 Å². The van der Waals surface area contributed by atoms with Crippen LogP contribution in [0.4, 0.5) is 9.18 Å². The van der Waals surface area contributed by atoms with E-state index in [0.717, 1.165) is 0 Å². The molecule has 1 heterocycles. The molecule has 0 spiro atoms. The number of carbonyl (C=O) groups excluding carboxylic acids is 1. The predicted octanol–water partition coefficient (Wildman–Crippen LogP) is 2.41. The SMILES string of the molecule is CC(C)(C)OC(=O)N1CCNCC1c1cccc(F)c1O. The van der Waals surface area contributed by atoms with E-state index < -0.39 is 29.3 Å². The third kappa shape index (κ3) is 3.64. The second-order valence-corrected chi connectivity index (χ2v) is 6.07. The molecule has 0 aromatic heterocycles. The van der Waals surface area contributed by atoms with Gasteiger partial charge in [-0.1, -0.05) is 12.1 Å². The summed E-state index contributed by atoms with van der Waals surface area (Å²) in [6, 6.07) is 3.87. The van der Waals surface area contributed by atoms with Gasteiger partial charge >= 0.3 is 6.09 Å². The minimum atomic E-state index is -0.692. The molecule has 0 aliphatic carbocycles. The van der Waals surface area contributed by atoms with Gasteiger partial charge in [0.05, 0.1) is 6.04 Å². The molecule has 2 rings (SSSR count). The van der Waals surface area contributed by atoms with Crippen LogP contribution in [0, 0.1) is 5.82 Å². The Labute approximate surface area is 123 Å². The largest absolute Gasteiger partial charge is 0.505 e.